The molecule has 0 heterocycles. The molecule has 0 saturated heterocycles. The monoisotopic (exact) mass is 430 g/mol. The number of phenols is 1. The second-order valence-electron chi connectivity index (χ2n) is 7.35. The average molecular weight is 431 g/mol. The standard InChI is InChI=1S/C25H34O6/c1-5-11-19-21(16-15-20(23(19)26)25(27)30-4)31-17-9-7-6-8-12-18-13-10-14-22(28-2)24(18)29-3/h10,13-16,26H,5-9,11-12,17H2,1-4H3. The highest BCUT2D eigenvalue weighted by molar-refractivity contribution is 5.93. The first kappa shape index (κ1) is 24.4. The van der Waals surface area contributed by atoms with E-state index >= 15 is 0 Å². The number of carbonyl (C=O) groups excluding carboxylic acids is 1. The number of rotatable bonds is 13. The third kappa shape index (κ3) is 6.54. The topological polar surface area (TPSA) is 74.2 Å². The number of esters is 1. The van der Waals surface area contributed by atoms with Crippen LogP contribution in [0, 0.1) is 0 Å². The average Bonchev–Trinajstić information content (AvgIpc) is 2.79. The molecule has 0 saturated carbocycles. The Morgan fingerprint density at radius 1 is 0.903 bits per heavy atom. The maximum atomic E-state index is 11.8. The molecule has 0 aliphatic rings. The van der Waals surface area contributed by atoms with Gasteiger partial charge in [-0.1, -0.05) is 38.3 Å². The van der Waals surface area contributed by atoms with Gasteiger partial charge in [0.1, 0.15) is 17.1 Å². The number of unbranched alkanes of at least 4 members (excludes halogenated alkanes) is 3. The van der Waals surface area contributed by atoms with Crippen molar-refractivity contribution in [1.82, 2.24) is 0 Å². The van der Waals surface area contributed by atoms with Crippen LogP contribution in [-0.2, 0) is 17.6 Å². The van der Waals surface area contributed by atoms with Gasteiger partial charge in [-0.2, -0.15) is 0 Å². The molecular weight excluding hydrogens is 396 g/mol. The maximum absolute atomic E-state index is 11.8. The predicted octanol–water partition coefficient (Wildman–Crippen LogP) is 5.33. The van der Waals surface area contributed by atoms with Gasteiger partial charge < -0.3 is 24.1 Å². The smallest absolute Gasteiger partial charge is 0.341 e. The van der Waals surface area contributed by atoms with Crippen molar-refractivity contribution in [1.29, 1.82) is 0 Å². The van der Waals surface area contributed by atoms with E-state index in [2.05, 4.69) is 6.07 Å². The third-order valence-corrected chi connectivity index (χ3v) is 5.23. The lowest BCUT2D eigenvalue weighted by Gasteiger charge is -2.15. The Kier molecular flexibility index (Phi) is 10.0. The molecule has 0 amide bonds. The van der Waals surface area contributed by atoms with E-state index in [1.165, 1.54) is 7.11 Å². The summed E-state index contributed by atoms with van der Waals surface area (Å²) in [5.41, 5.74) is 1.99. The fraction of sp³-hybridized carbons (Fsp3) is 0.480. The fourth-order valence-electron chi connectivity index (χ4n) is 3.62. The van der Waals surface area contributed by atoms with E-state index in [1.807, 2.05) is 19.1 Å². The minimum absolute atomic E-state index is 0.0431. The van der Waals surface area contributed by atoms with E-state index in [1.54, 1.807) is 26.4 Å². The predicted molar refractivity (Wildman–Crippen MR) is 121 cm³/mol. The summed E-state index contributed by atoms with van der Waals surface area (Å²) < 4.78 is 21.5. The molecule has 170 valence electrons. The summed E-state index contributed by atoms with van der Waals surface area (Å²) in [4.78, 5) is 11.8. The quantitative estimate of drug-likeness (QED) is 0.342. The second-order valence-corrected chi connectivity index (χ2v) is 7.35. The SMILES string of the molecule is CCCc1c(OCCCCCCc2cccc(OC)c2OC)ccc(C(=O)OC)c1O. The van der Waals surface area contributed by atoms with Gasteiger partial charge in [0.2, 0.25) is 0 Å². The molecule has 0 aliphatic heterocycles. The number of aryl methyl sites for hydroxylation is 1. The lowest BCUT2D eigenvalue weighted by molar-refractivity contribution is 0.0597. The number of hydrogen-bond acceptors (Lipinski definition) is 6. The molecule has 1 N–H and O–H groups in total. The number of phenolic OH excluding ortho intramolecular Hbond substituents is 1. The Morgan fingerprint density at radius 2 is 1.68 bits per heavy atom. The van der Waals surface area contributed by atoms with Gasteiger partial charge >= 0.3 is 5.97 Å². The summed E-state index contributed by atoms with van der Waals surface area (Å²) >= 11 is 0. The molecular formula is C25H34O6. The zero-order chi connectivity index (χ0) is 22.6. The number of ether oxygens (including phenoxy) is 4. The Labute approximate surface area is 185 Å². The molecule has 0 bridgehead atoms. The number of methoxy groups -OCH3 is 3. The van der Waals surface area contributed by atoms with Crippen molar-refractivity contribution in [3.05, 3.63) is 47.0 Å². The molecule has 0 aromatic heterocycles. The van der Waals surface area contributed by atoms with Crippen molar-refractivity contribution in [2.24, 2.45) is 0 Å². The first-order valence-corrected chi connectivity index (χ1v) is 10.8. The van der Waals surface area contributed by atoms with Crippen LogP contribution in [0.1, 0.15) is 60.5 Å². The molecule has 0 radical (unpaired) electrons. The summed E-state index contributed by atoms with van der Waals surface area (Å²) in [6.07, 6.45) is 6.50. The van der Waals surface area contributed by atoms with Gasteiger partial charge in [-0.3, -0.25) is 0 Å². The lowest BCUT2D eigenvalue weighted by Crippen LogP contribution is -2.06. The maximum Gasteiger partial charge on any atom is 0.341 e. The summed E-state index contributed by atoms with van der Waals surface area (Å²) in [5, 5.41) is 10.5. The van der Waals surface area contributed by atoms with Crippen LogP contribution in [0.25, 0.3) is 0 Å². The molecule has 6 heteroatoms. The van der Waals surface area contributed by atoms with Gasteiger partial charge in [0.05, 0.1) is 27.9 Å². The van der Waals surface area contributed by atoms with E-state index in [0.29, 0.717) is 24.3 Å². The second kappa shape index (κ2) is 12.7. The fourth-order valence-corrected chi connectivity index (χ4v) is 3.62. The van der Waals surface area contributed by atoms with Crippen LogP contribution < -0.4 is 14.2 Å². The Morgan fingerprint density at radius 3 is 2.35 bits per heavy atom. The van der Waals surface area contributed by atoms with Crippen LogP contribution in [0.3, 0.4) is 0 Å². The van der Waals surface area contributed by atoms with E-state index in [0.717, 1.165) is 55.6 Å². The number of para-hydroxylation sites is 1. The van der Waals surface area contributed by atoms with E-state index in [-0.39, 0.29) is 11.3 Å². The van der Waals surface area contributed by atoms with Gasteiger partial charge in [0.15, 0.2) is 11.5 Å². The molecule has 0 aliphatic carbocycles. The van der Waals surface area contributed by atoms with Crippen LogP contribution >= 0.6 is 0 Å². The van der Waals surface area contributed by atoms with Gasteiger partial charge in [-0.05, 0) is 49.4 Å². The summed E-state index contributed by atoms with van der Waals surface area (Å²) in [6.45, 7) is 2.58. The van der Waals surface area contributed by atoms with Gasteiger partial charge in [0.25, 0.3) is 0 Å². The summed E-state index contributed by atoms with van der Waals surface area (Å²) in [5.74, 6) is 1.62. The summed E-state index contributed by atoms with van der Waals surface area (Å²) in [6, 6.07) is 9.26. The van der Waals surface area contributed by atoms with Crippen molar-refractivity contribution >= 4 is 5.97 Å². The molecule has 2 aromatic carbocycles. The van der Waals surface area contributed by atoms with Crippen LogP contribution in [-0.4, -0.2) is 39.0 Å². The van der Waals surface area contributed by atoms with Crippen LogP contribution in [0.2, 0.25) is 0 Å². The van der Waals surface area contributed by atoms with E-state index in [4.69, 9.17) is 18.9 Å². The number of aromatic hydroxyl groups is 1. The molecule has 0 spiro atoms. The Balaban J connectivity index is 1.82. The van der Waals surface area contributed by atoms with Crippen molar-refractivity contribution in [3.8, 4) is 23.0 Å². The van der Waals surface area contributed by atoms with Gasteiger partial charge in [-0.25, -0.2) is 4.79 Å². The molecule has 2 rings (SSSR count). The zero-order valence-corrected chi connectivity index (χ0v) is 19.0. The zero-order valence-electron chi connectivity index (χ0n) is 19.0. The first-order valence-electron chi connectivity index (χ1n) is 10.8. The van der Waals surface area contributed by atoms with Crippen molar-refractivity contribution in [2.75, 3.05) is 27.9 Å². The van der Waals surface area contributed by atoms with Gasteiger partial charge in [-0.15, -0.1) is 0 Å². The Bertz CT molecular complexity index is 846. The minimum atomic E-state index is -0.547. The lowest BCUT2D eigenvalue weighted by atomic mass is 10.0. The van der Waals surface area contributed by atoms with Gasteiger partial charge in [0, 0.05) is 5.56 Å². The largest absolute Gasteiger partial charge is 0.507 e. The van der Waals surface area contributed by atoms with Crippen molar-refractivity contribution in [3.63, 3.8) is 0 Å². The first-order chi connectivity index (χ1) is 15.1. The molecule has 31 heavy (non-hydrogen) atoms. The highest BCUT2D eigenvalue weighted by Gasteiger charge is 2.18. The molecule has 0 atom stereocenters. The Hall–Kier alpha value is -2.89. The third-order valence-electron chi connectivity index (χ3n) is 5.23. The van der Waals surface area contributed by atoms with Crippen LogP contribution in [0.15, 0.2) is 30.3 Å². The minimum Gasteiger partial charge on any atom is -0.507 e. The van der Waals surface area contributed by atoms with E-state index < -0.39 is 5.97 Å². The van der Waals surface area contributed by atoms with Crippen molar-refractivity contribution < 1.29 is 28.8 Å². The molecule has 2 aromatic rings. The normalized spacial score (nSPS) is 10.6. The highest BCUT2D eigenvalue weighted by Crippen LogP contribution is 2.34. The summed E-state index contributed by atoms with van der Waals surface area (Å²) in [7, 11) is 4.62. The molecule has 0 unspecified atom stereocenters. The highest BCUT2D eigenvalue weighted by atomic mass is 16.5. The number of carbonyl (C=O) groups is 1. The van der Waals surface area contributed by atoms with Crippen LogP contribution in [0.5, 0.6) is 23.0 Å². The van der Waals surface area contributed by atoms with Crippen LogP contribution in [0.4, 0.5) is 0 Å². The molecule has 0 fully saturated rings. The number of benzene rings is 2. The van der Waals surface area contributed by atoms with E-state index in [9.17, 15) is 9.90 Å². The number of hydrogen-bond donors (Lipinski definition) is 1. The molecule has 6 nitrogen and oxygen atoms in total. The van der Waals surface area contributed by atoms with Crippen molar-refractivity contribution in [2.45, 2.75) is 51.9 Å².